The van der Waals surface area contributed by atoms with E-state index in [1.807, 2.05) is 10.9 Å². The molecule has 2 rings (SSSR count). The molecule has 5 nitrogen and oxygen atoms in total. The zero-order valence-corrected chi connectivity index (χ0v) is 10.5. The highest BCUT2D eigenvalue weighted by Crippen LogP contribution is 2.13. The van der Waals surface area contributed by atoms with Crippen molar-refractivity contribution in [2.75, 3.05) is 19.8 Å². The number of rotatable bonds is 5. The van der Waals surface area contributed by atoms with Crippen LogP contribution < -0.4 is 0 Å². The van der Waals surface area contributed by atoms with E-state index in [1.54, 1.807) is 6.21 Å². The number of hydrogen-bond acceptors (Lipinski definition) is 4. The van der Waals surface area contributed by atoms with Crippen LogP contribution in [0.5, 0.6) is 0 Å². The molecule has 0 spiro atoms. The van der Waals surface area contributed by atoms with Gasteiger partial charge in [-0.25, -0.2) is 0 Å². The molecule has 0 radical (unpaired) electrons. The Balaban J connectivity index is 1.84. The van der Waals surface area contributed by atoms with Gasteiger partial charge in [-0.05, 0) is 12.3 Å². The molecule has 1 fully saturated rings. The summed E-state index contributed by atoms with van der Waals surface area (Å²) in [5.74, 6) is 1.16. The van der Waals surface area contributed by atoms with E-state index in [4.69, 9.17) is 4.74 Å². The lowest BCUT2D eigenvalue weighted by atomic mass is 10.1. The highest BCUT2D eigenvalue weighted by molar-refractivity contribution is 5.76. The van der Waals surface area contributed by atoms with E-state index in [9.17, 15) is 0 Å². The Hall–Kier alpha value is -1.23. The smallest absolute Gasteiger partial charge is 0.123 e. The molecule has 1 aliphatic heterocycles. The molecule has 0 saturated carbocycles. The van der Waals surface area contributed by atoms with Gasteiger partial charge in [0.25, 0.3) is 0 Å². The third-order valence-corrected chi connectivity index (χ3v) is 2.72. The van der Waals surface area contributed by atoms with Gasteiger partial charge in [-0.15, -0.1) is 5.10 Å². The molecule has 1 atom stereocenters. The molecule has 17 heavy (non-hydrogen) atoms. The molecule has 0 aliphatic carbocycles. The van der Waals surface area contributed by atoms with E-state index in [0.29, 0.717) is 11.8 Å². The van der Waals surface area contributed by atoms with E-state index in [-0.39, 0.29) is 0 Å². The summed E-state index contributed by atoms with van der Waals surface area (Å²) in [6, 6.07) is 0. The SMILES string of the molecule is CC(C)CN=Cc1cn(C[C@@H]2CCOC2)nn1. The van der Waals surface area contributed by atoms with Crippen molar-refractivity contribution in [3.63, 3.8) is 0 Å². The average Bonchev–Trinajstić information content (AvgIpc) is 2.90. The van der Waals surface area contributed by atoms with E-state index < -0.39 is 0 Å². The molecule has 2 heterocycles. The third-order valence-electron chi connectivity index (χ3n) is 2.72. The van der Waals surface area contributed by atoms with Crippen LogP contribution in [0, 0.1) is 11.8 Å². The minimum absolute atomic E-state index is 0.580. The van der Waals surface area contributed by atoms with Crippen molar-refractivity contribution in [1.29, 1.82) is 0 Å². The monoisotopic (exact) mass is 236 g/mol. The van der Waals surface area contributed by atoms with Gasteiger partial charge in [0.2, 0.25) is 0 Å². The van der Waals surface area contributed by atoms with Crippen molar-refractivity contribution in [1.82, 2.24) is 15.0 Å². The van der Waals surface area contributed by atoms with Crippen LogP contribution in [0.2, 0.25) is 0 Å². The molecular formula is C12H20N4O. The van der Waals surface area contributed by atoms with Crippen molar-refractivity contribution in [3.8, 4) is 0 Å². The number of aliphatic imine (C=N–C) groups is 1. The van der Waals surface area contributed by atoms with Gasteiger partial charge in [-0.3, -0.25) is 9.67 Å². The maximum absolute atomic E-state index is 5.34. The average molecular weight is 236 g/mol. The minimum atomic E-state index is 0.580. The third kappa shape index (κ3) is 3.93. The molecule has 5 heteroatoms. The maximum Gasteiger partial charge on any atom is 0.123 e. The Morgan fingerprint density at radius 1 is 1.65 bits per heavy atom. The normalized spacial score (nSPS) is 20.8. The molecule has 0 aromatic carbocycles. The summed E-state index contributed by atoms with van der Waals surface area (Å²) in [6.07, 6.45) is 4.87. The molecule has 1 saturated heterocycles. The van der Waals surface area contributed by atoms with Gasteiger partial charge >= 0.3 is 0 Å². The summed E-state index contributed by atoms with van der Waals surface area (Å²) in [4.78, 5) is 4.32. The van der Waals surface area contributed by atoms with E-state index >= 15 is 0 Å². The van der Waals surface area contributed by atoms with Gasteiger partial charge < -0.3 is 4.74 Å². The Bertz CT molecular complexity index is 366. The summed E-state index contributed by atoms with van der Waals surface area (Å²) in [7, 11) is 0. The Kier molecular flexibility index (Phi) is 4.25. The molecule has 0 amide bonds. The van der Waals surface area contributed by atoms with Crippen LogP contribution in [0.25, 0.3) is 0 Å². The number of ether oxygens (including phenoxy) is 1. The largest absolute Gasteiger partial charge is 0.381 e. The molecule has 0 bridgehead atoms. The number of nitrogens with zero attached hydrogens (tertiary/aromatic N) is 4. The molecular weight excluding hydrogens is 216 g/mol. The van der Waals surface area contributed by atoms with Crippen LogP contribution in [0.1, 0.15) is 26.0 Å². The molecule has 1 aromatic heterocycles. The zero-order chi connectivity index (χ0) is 12.1. The predicted molar refractivity (Wildman–Crippen MR) is 66.2 cm³/mol. The molecule has 1 aliphatic rings. The van der Waals surface area contributed by atoms with E-state index in [1.165, 1.54) is 0 Å². The van der Waals surface area contributed by atoms with Crippen molar-refractivity contribution in [2.24, 2.45) is 16.8 Å². The Morgan fingerprint density at radius 3 is 3.24 bits per heavy atom. The molecule has 1 aromatic rings. The standard InChI is InChI=1S/C12H20N4O/c1-10(2)5-13-6-12-8-16(15-14-12)7-11-3-4-17-9-11/h6,8,10-11H,3-5,7,9H2,1-2H3/t11-/m0/s1. The summed E-state index contributed by atoms with van der Waals surface area (Å²) in [5, 5.41) is 8.18. The fourth-order valence-corrected chi connectivity index (χ4v) is 1.81. The minimum Gasteiger partial charge on any atom is -0.381 e. The Labute approximate surface area is 102 Å². The first-order valence-corrected chi connectivity index (χ1v) is 6.21. The molecule has 0 unspecified atom stereocenters. The molecule has 0 N–H and O–H groups in total. The van der Waals surface area contributed by atoms with Crippen LogP contribution in [0.4, 0.5) is 0 Å². The summed E-state index contributed by atoms with van der Waals surface area (Å²) < 4.78 is 7.22. The van der Waals surface area contributed by atoms with Gasteiger partial charge in [0.1, 0.15) is 5.69 Å². The van der Waals surface area contributed by atoms with Gasteiger partial charge in [0.05, 0.1) is 19.0 Å². The predicted octanol–water partition coefficient (Wildman–Crippen LogP) is 1.39. The first kappa shape index (κ1) is 12.2. The second-order valence-electron chi connectivity index (χ2n) is 4.98. The quantitative estimate of drug-likeness (QED) is 0.726. The van der Waals surface area contributed by atoms with Crippen LogP contribution in [0.15, 0.2) is 11.2 Å². The highest BCUT2D eigenvalue weighted by atomic mass is 16.5. The van der Waals surface area contributed by atoms with Crippen molar-refractivity contribution < 1.29 is 4.74 Å². The summed E-state index contributed by atoms with van der Waals surface area (Å²) in [5.41, 5.74) is 0.838. The molecule has 94 valence electrons. The lowest BCUT2D eigenvalue weighted by Gasteiger charge is -2.05. The number of hydrogen-bond donors (Lipinski definition) is 0. The second-order valence-corrected chi connectivity index (χ2v) is 4.98. The first-order valence-electron chi connectivity index (χ1n) is 6.21. The topological polar surface area (TPSA) is 52.3 Å². The van der Waals surface area contributed by atoms with Crippen LogP contribution >= 0.6 is 0 Å². The fraction of sp³-hybridized carbons (Fsp3) is 0.750. The fourth-order valence-electron chi connectivity index (χ4n) is 1.81. The van der Waals surface area contributed by atoms with Gasteiger partial charge in [-0.1, -0.05) is 19.1 Å². The lowest BCUT2D eigenvalue weighted by Crippen LogP contribution is -2.11. The van der Waals surface area contributed by atoms with Gasteiger partial charge in [0.15, 0.2) is 0 Å². The Morgan fingerprint density at radius 2 is 2.53 bits per heavy atom. The zero-order valence-electron chi connectivity index (χ0n) is 10.5. The summed E-state index contributed by atoms with van der Waals surface area (Å²) >= 11 is 0. The van der Waals surface area contributed by atoms with Crippen LogP contribution in [0.3, 0.4) is 0 Å². The van der Waals surface area contributed by atoms with Crippen LogP contribution in [-0.2, 0) is 11.3 Å². The van der Waals surface area contributed by atoms with E-state index in [2.05, 4.69) is 29.2 Å². The number of aromatic nitrogens is 3. The van der Waals surface area contributed by atoms with Crippen molar-refractivity contribution in [2.45, 2.75) is 26.8 Å². The lowest BCUT2D eigenvalue weighted by molar-refractivity contribution is 0.181. The van der Waals surface area contributed by atoms with Crippen molar-refractivity contribution >= 4 is 6.21 Å². The first-order chi connectivity index (χ1) is 8.24. The maximum atomic E-state index is 5.34. The highest BCUT2D eigenvalue weighted by Gasteiger charge is 2.16. The van der Waals surface area contributed by atoms with Crippen LogP contribution in [-0.4, -0.2) is 41.0 Å². The second kappa shape index (κ2) is 5.91. The van der Waals surface area contributed by atoms with E-state index in [0.717, 1.165) is 38.4 Å². The van der Waals surface area contributed by atoms with Gasteiger partial charge in [0, 0.05) is 25.6 Å². The van der Waals surface area contributed by atoms with Crippen molar-refractivity contribution in [3.05, 3.63) is 11.9 Å². The van der Waals surface area contributed by atoms with Gasteiger partial charge in [-0.2, -0.15) is 0 Å². The summed E-state index contributed by atoms with van der Waals surface area (Å²) in [6.45, 7) is 7.75.